The lowest BCUT2D eigenvalue weighted by Crippen LogP contribution is -2.48. The van der Waals surface area contributed by atoms with Gasteiger partial charge in [0, 0.05) is 6.04 Å². The van der Waals surface area contributed by atoms with Crippen LogP contribution < -0.4 is 10.6 Å². The van der Waals surface area contributed by atoms with Crippen LogP contribution in [0.3, 0.4) is 0 Å². The first-order valence-corrected chi connectivity index (χ1v) is 5.83. The lowest BCUT2D eigenvalue weighted by Gasteiger charge is -2.29. The van der Waals surface area contributed by atoms with Crippen LogP contribution in [0.15, 0.2) is 6.20 Å². The quantitative estimate of drug-likeness (QED) is 0.823. The van der Waals surface area contributed by atoms with E-state index in [1.165, 1.54) is 6.20 Å². The molecule has 1 saturated heterocycles. The summed E-state index contributed by atoms with van der Waals surface area (Å²) in [6, 6.07) is 0.265. The second-order valence-corrected chi connectivity index (χ2v) is 4.62. The van der Waals surface area contributed by atoms with Gasteiger partial charge in [-0.2, -0.15) is 0 Å². The number of aromatic nitrogens is 2. The molecule has 0 aromatic carbocycles. The summed E-state index contributed by atoms with van der Waals surface area (Å²) in [6.45, 7) is 4.07. The van der Waals surface area contributed by atoms with Crippen molar-refractivity contribution >= 4 is 29.8 Å². The third-order valence-corrected chi connectivity index (χ3v) is 3.35. The number of hydrogen-bond donors (Lipinski definition) is 2. The van der Waals surface area contributed by atoms with E-state index < -0.39 is 0 Å². The van der Waals surface area contributed by atoms with E-state index >= 15 is 0 Å². The largest absolute Gasteiger partial charge is 0.348 e. The minimum atomic E-state index is -0.0521. The van der Waals surface area contributed by atoms with Crippen molar-refractivity contribution in [2.24, 2.45) is 5.92 Å². The van der Waals surface area contributed by atoms with Gasteiger partial charge in [0.2, 0.25) is 0 Å². The zero-order valence-electron chi connectivity index (χ0n) is 8.97. The topological polar surface area (TPSA) is 66.9 Å². The van der Waals surface area contributed by atoms with E-state index in [0.717, 1.165) is 31.0 Å². The molecule has 0 spiro atoms. The van der Waals surface area contributed by atoms with E-state index in [1.807, 2.05) is 0 Å². The molecule has 1 aromatic rings. The molecule has 2 unspecified atom stereocenters. The monoisotopic (exact) mass is 262 g/mol. The Balaban J connectivity index is 0.00000128. The first-order valence-electron chi connectivity index (χ1n) is 5.06. The molecule has 1 amide bonds. The van der Waals surface area contributed by atoms with Gasteiger partial charge in [-0.15, -0.1) is 17.5 Å². The molecule has 16 heavy (non-hydrogen) atoms. The highest BCUT2D eigenvalue weighted by Gasteiger charge is 2.23. The number of carbonyl (C=O) groups is 1. The molecule has 0 saturated carbocycles. The van der Waals surface area contributed by atoms with Gasteiger partial charge < -0.3 is 10.6 Å². The smallest absolute Gasteiger partial charge is 0.264 e. The molecule has 0 bridgehead atoms. The molecular weight excluding hydrogens is 248 g/mol. The van der Waals surface area contributed by atoms with Gasteiger partial charge in [0.15, 0.2) is 0 Å². The Hall–Kier alpha value is -0.720. The third-order valence-electron chi connectivity index (χ3n) is 2.69. The Labute approximate surface area is 105 Å². The Morgan fingerprint density at radius 2 is 2.50 bits per heavy atom. The number of hydrogen-bond acceptors (Lipinski definition) is 5. The maximum atomic E-state index is 11.7. The highest BCUT2D eigenvalue weighted by atomic mass is 35.5. The summed E-state index contributed by atoms with van der Waals surface area (Å²) in [4.78, 5) is 12.3. The fraction of sp³-hybridized carbons (Fsp3) is 0.667. The van der Waals surface area contributed by atoms with Gasteiger partial charge in [0.1, 0.15) is 4.88 Å². The molecule has 2 heterocycles. The molecule has 1 fully saturated rings. The summed E-state index contributed by atoms with van der Waals surface area (Å²) in [6.07, 6.45) is 2.49. The van der Waals surface area contributed by atoms with Crippen molar-refractivity contribution in [1.82, 2.24) is 20.2 Å². The predicted molar refractivity (Wildman–Crippen MR) is 65.1 cm³/mol. The Kier molecular flexibility index (Phi) is 5.11. The number of nitrogens with zero attached hydrogens (tertiary/aromatic N) is 2. The average Bonchev–Trinajstić information content (AvgIpc) is 2.74. The average molecular weight is 263 g/mol. The summed E-state index contributed by atoms with van der Waals surface area (Å²) >= 11 is 1.13. The van der Waals surface area contributed by atoms with Crippen molar-refractivity contribution in [2.45, 2.75) is 19.4 Å². The zero-order valence-corrected chi connectivity index (χ0v) is 10.6. The van der Waals surface area contributed by atoms with E-state index in [0.29, 0.717) is 10.8 Å². The Morgan fingerprint density at radius 3 is 3.12 bits per heavy atom. The van der Waals surface area contributed by atoms with Gasteiger partial charge in [0.05, 0.1) is 6.20 Å². The fourth-order valence-corrected chi connectivity index (χ4v) is 2.15. The van der Waals surface area contributed by atoms with Crippen LogP contribution in [0.5, 0.6) is 0 Å². The second kappa shape index (κ2) is 6.12. The highest BCUT2D eigenvalue weighted by molar-refractivity contribution is 7.07. The molecule has 0 radical (unpaired) electrons. The van der Waals surface area contributed by atoms with Crippen LogP contribution in [-0.4, -0.2) is 34.6 Å². The van der Waals surface area contributed by atoms with Crippen molar-refractivity contribution < 1.29 is 4.79 Å². The molecule has 2 atom stereocenters. The Morgan fingerprint density at radius 1 is 1.69 bits per heavy atom. The maximum Gasteiger partial charge on any atom is 0.264 e. The standard InChI is InChI=1S/C9H14N4OS.ClH/c1-6-4-10-3-2-7(6)12-9(14)8-5-11-13-15-8;/h5-7,10H,2-4H2,1H3,(H,12,14);1H. The molecule has 2 rings (SSSR count). The van der Waals surface area contributed by atoms with Crippen molar-refractivity contribution in [1.29, 1.82) is 0 Å². The van der Waals surface area contributed by atoms with Gasteiger partial charge in [-0.1, -0.05) is 11.4 Å². The lowest BCUT2D eigenvalue weighted by molar-refractivity contribution is 0.0918. The molecule has 1 aliphatic rings. The van der Waals surface area contributed by atoms with Crippen molar-refractivity contribution in [3.8, 4) is 0 Å². The number of nitrogens with one attached hydrogen (secondary N) is 2. The zero-order chi connectivity index (χ0) is 10.7. The van der Waals surface area contributed by atoms with Crippen LogP contribution in [0.2, 0.25) is 0 Å². The summed E-state index contributed by atoms with van der Waals surface area (Å²) in [5.41, 5.74) is 0. The van der Waals surface area contributed by atoms with Crippen molar-refractivity contribution in [2.75, 3.05) is 13.1 Å². The predicted octanol–water partition coefficient (Wildman–Crippen LogP) is 0.688. The first-order chi connectivity index (χ1) is 7.27. The minimum Gasteiger partial charge on any atom is -0.348 e. The van der Waals surface area contributed by atoms with Gasteiger partial charge >= 0.3 is 0 Å². The molecular formula is C9H15ClN4OS. The maximum absolute atomic E-state index is 11.7. The van der Waals surface area contributed by atoms with Crippen LogP contribution >= 0.6 is 23.9 Å². The summed E-state index contributed by atoms with van der Waals surface area (Å²) in [5, 5.41) is 9.97. The second-order valence-electron chi connectivity index (χ2n) is 3.83. The SMILES string of the molecule is CC1CNCCC1NC(=O)c1cnns1.Cl. The fourth-order valence-electron chi connectivity index (χ4n) is 1.74. The first kappa shape index (κ1) is 13.3. The van der Waals surface area contributed by atoms with E-state index in [4.69, 9.17) is 0 Å². The van der Waals surface area contributed by atoms with Crippen LogP contribution in [0.25, 0.3) is 0 Å². The van der Waals surface area contributed by atoms with Crippen molar-refractivity contribution in [3.63, 3.8) is 0 Å². The summed E-state index contributed by atoms with van der Waals surface area (Å²) in [7, 11) is 0. The van der Waals surface area contributed by atoms with Gasteiger partial charge in [-0.3, -0.25) is 4.79 Å². The van der Waals surface area contributed by atoms with Crippen LogP contribution in [0.1, 0.15) is 23.0 Å². The molecule has 7 heteroatoms. The molecule has 0 aliphatic carbocycles. The number of carbonyl (C=O) groups excluding carboxylic acids is 1. The minimum absolute atomic E-state index is 0. The normalized spacial score (nSPS) is 24.6. The summed E-state index contributed by atoms with van der Waals surface area (Å²) < 4.78 is 3.67. The van der Waals surface area contributed by atoms with E-state index in [2.05, 4.69) is 27.1 Å². The van der Waals surface area contributed by atoms with Crippen molar-refractivity contribution in [3.05, 3.63) is 11.1 Å². The van der Waals surface area contributed by atoms with Crippen LogP contribution in [-0.2, 0) is 0 Å². The van der Waals surface area contributed by atoms with E-state index in [-0.39, 0.29) is 24.4 Å². The van der Waals surface area contributed by atoms with Crippen LogP contribution in [0.4, 0.5) is 0 Å². The highest BCUT2D eigenvalue weighted by Crippen LogP contribution is 2.11. The van der Waals surface area contributed by atoms with Gasteiger partial charge in [0.25, 0.3) is 5.91 Å². The van der Waals surface area contributed by atoms with Gasteiger partial charge in [-0.05, 0) is 37.0 Å². The molecule has 5 nitrogen and oxygen atoms in total. The number of piperidine rings is 1. The summed E-state index contributed by atoms with van der Waals surface area (Å²) in [5.74, 6) is 0.423. The number of amides is 1. The third kappa shape index (κ3) is 3.13. The van der Waals surface area contributed by atoms with E-state index in [9.17, 15) is 4.79 Å². The van der Waals surface area contributed by atoms with E-state index in [1.54, 1.807) is 0 Å². The molecule has 90 valence electrons. The molecule has 1 aliphatic heterocycles. The Bertz CT molecular complexity index is 332. The number of halogens is 1. The van der Waals surface area contributed by atoms with Crippen LogP contribution in [0, 0.1) is 5.92 Å². The lowest BCUT2D eigenvalue weighted by atomic mass is 9.95. The molecule has 2 N–H and O–H groups in total. The molecule has 1 aromatic heterocycles. The van der Waals surface area contributed by atoms with Gasteiger partial charge in [-0.25, -0.2) is 0 Å². The number of rotatable bonds is 2.